The molecule has 0 saturated carbocycles. The van der Waals surface area contributed by atoms with E-state index < -0.39 is 0 Å². The first-order chi connectivity index (χ1) is 7.65. The van der Waals surface area contributed by atoms with Gasteiger partial charge in [-0.05, 0) is 47.3 Å². The van der Waals surface area contributed by atoms with Crippen molar-refractivity contribution in [2.45, 2.75) is 6.92 Å². The van der Waals surface area contributed by atoms with Crippen molar-refractivity contribution in [1.82, 2.24) is 10.6 Å². The standard InChI is InChI=1S/C11H14ClIN2O/c1-2-14-5-6-15-11(16)8-3-4-9(12)10(13)7-8/h3-4,7,14H,2,5-6H2,1H3,(H,15,16). The van der Waals surface area contributed by atoms with E-state index in [1.807, 2.05) is 6.92 Å². The van der Waals surface area contributed by atoms with Crippen molar-refractivity contribution in [1.29, 1.82) is 0 Å². The van der Waals surface area contributed by atoms with Gasteiger partial charge in [0, 0.05) is 22.2 Å². The number of likely N-dealkylation sites (N-methyl/N-ethyl adjacent to an activating group) is 1. The van der Waals surface area contributed by atoms with Gasteiger partial charge in [-0.25, -0.2) is 0 Å². The zero-order chi connectivity index (χ0) is 12.0. The van der Waals surface area contributed by atoms with Gasteiger partial charge in [0.25, 0.3) is 5.91 Å². The first-order valence-corrected chi connectivity index (χ1v) is 6.54. The maximum absolute atomic E-state index is 11.7. The Hall–Kier alpha value is -0.330. The number of carbonyl (C=O) groups excluding carboxylic acids is 1. The Balaban J connectivity index is 2.50. The predicted molar refractivity (Wildman–Crippen MR) is 75.0 cm³/mol. The molecule has 3 nitrogen and oxygen atoms in total. The Bertz CT molecular complexity index is 371. The molecule has 2 N–H and O–H groups in total. The molecule has 1 aromatic rings. The first-order valence-electron chi connectivity index (χ1n) is 5.09. The Labute approximate surface area is 114 Å². The van der Waals surface area contributed by atoms with Crippen LogP contribution in [0.15, 0.2) is 18.2 Å². The Morgan fingerprint density at radius 3 is 2.81 bits per heavy atom. The highest BCUT2D eigenvalue weighted by Crippen LogP contribution is 2.19. The van der Waals surface area contributed by atoms with Gasteiger partial charge in [-0.2, -0.15) is 0 Å². The molecule has 1 amide bonds. The zero-order valence-electron chi connectivity index (χ0n) is 9.02. The normalized spacial score (nSPS) is 10.2. The van der Waals surface area contributed by atoms with E-state index in [9.17, 15) is 4.79 Å². The molecule has 0 atom stereocenters. The van der Waals surface area contributed by atoms with E-state index in [-0.39, 0.29) is 5.91 Å². The van der Waals surface area contributed by atoms with Gasteiger partial charge < -0.3 is 10.6 Å². The van der Waals surface area contributed by atoms with Crippen LogP contribution in [-0.4, -0.2) is 25.5 Å². The summed E-state index contributed by atoms with van der Waals surface area (Å²) in [6, 6.07) is 5.25. The van der Waals surface area contributed by atoms with Gasteiger partial charge in [0.05, 0.1) is 5.02 Å². The van der Waals surface area contributed by atoms with Crippen LogP contribution in [0.3, 0.4) is 0 Å². The highest BCUT2D eigenvalue weighted by Gasteiger charge is 2.06. The van der Waals surface area contributed by atoms with E-state index in [0.717, 1.165) is 16.7 Å². The van der Waals surface area contributed by atoms with Crippen molar-refractivity contribution in [2.24, 2.45) is 0 Å². The van der Waals surface area contributed by atoms with Crippen LogP contribution in [0.4, 0.5) is 0 Å². The van der Waals surface area contributed by atoms with Crippen LogP contribution in [0.5, 0.6) is 0 Å². The number of amides is 1. The van der Waals surface area contributed by atoms with Crippen LogP contribution in [0.1, 0.15) is 17.3 Å². The molecule has 0 saturated heterocycles. The highest BCUT2D eigenvalue weighted by molar-refractivity contribution is 14.1. The smallest absolute Gasteiger partial charge is 0.251 e. The summed E-state index contributed by atoms with van der Waals surface area (Å²) in [6.07, 6.45) is 0. The highest BCUT2D eigenvalue weighted by atomic mass is 127. The lowest BCUT2D eigenvalue weighted by atomic mass is 10.2. The number of benzene rings is 1. The molecule has 16 heavy (non-hydrogen) atoms. The second kappa shape index (κ2) is 7.09. The second-order valence-corrected chi connectivity index (χ2v) is 4.81. The fraction of sp³-hybridized carbons (Fsp3) is 0.364. The van der Waals surface area contributed by atoms with Crippen LogP contribution in [0, 0.1) is 3.57 Å². The van der Waals surface area contributed by atoms with Crippen LogP contribution in [-0.2, 0) is 0 Å². The monoisotopic (exact) mass is 352 g/mol. The Morgan fingerprint density at radius 2 is 2.19 bits per heavy atom. The molecule has 0 aliphatic rings. The summed E-state index contributed by atoms with van der Waals surface area (Å²) < 4.78 is 0.888. The quantitative estimate of drug-likeness (QED) is 0.630. The van der Waals surface area contributed by atoms with Crippen molar-refractivity contribution in [3.63, 3.8) is 0 Å². The van der Waals surface area contributed by atoms with Crippen LogP contribution in [0.2, 0.25) is 5.02 Å². The van der Waals surface area contributed by atoms with E-state index in [4.69, 9.17) is 11.6 Å². The van der Waals surface area contributed by atoms with Crippen molar-refractivity contribution in [3.05, 3.63) is 32.4 Å². The summed E-state index contributed by atoms with van der Waals surface area (Å²) in [6.45, 7) is 4.36. The summed E-state index contributed by atoms with van der Waals surface area (Å²) in [5.74, 6) is -0.0625. The number of hydrogen-bond donors (Lipinski definition) is 2. The van der Waals surface area contributed by atoms with Crippen molar-refractivity contribution in [2.75, 3.05) is 19.6 Å². The van der Waals surface area contributed by atoms with Gasteiger partial charge in [0.1, 0.15) is 0 Å². The molecule has 0 fully saturated rings. The fourth-order valence-electron chi connectivity index (χ4n) is 1.18. The average molecular weight is 353 g/mol. The molecule has 0 aliphatic heterocycles. The molecule has 0 heterocycles. The minimum absolute atomic E-state index is 0.0625. The Kier molecular flexibility index (Phi) is 6.08. The lowest BCUT2D eigenvalue weighted by molar-refractivity contribution is 0.0954. The first kappa shape index (κ1) is 13.7. The van der Waals surface area contributed by atoms with Gasteiger partial charge in [0.2, 0.25) is 0 Å². The third-order valence-corrected chi connectivity index (χ3v) is 3.56. The summed E-state index contributed by atoms with van der Waals surface area (Å²) in [4.78, 5) is 11.7. The number of nitrogens with one attached hydrogen (secondary N) is 2. The minimum atomic E-state index is -0.0625. The lowest BCUT2D eigenvalue weighted by Crippen LogP contribution is -2.31. The summed E-state index contributed by atoms with van der Waals surface area (Å²) >= 11 is 7.99. The molecule has 0 unspecified atom stereocenters. The van der Waals surface area contributed by atoms with Gasteiger partial charge in [-0.15, -0.1) is 0 Å². The maximum Gasteiger partial charge on any atom is 0.251 e. The van der Waals surface area contributed by atoms with Gasteiger partial charge in [0.15, 0.2) is 0 Å². The number of halogens is 2. The number of rotatable bonds is 5. The third-order valence-electron chi connectivity index (χ3n) is 2.02. The third kappa shape index (κ3) is 4.27. The zero-order valence-corrected chi connectivity index (χ0v) is 11.9. The number of carbonyl (C=O) groups is 1. The van der Waals surface area contributed by atoms with Gasteiger partial charge in [-0.3, -0.25) is 4.79 Å². The maximum atomic E-state index is 11.7. The summed E-state index contributed by atoms with van der Waals surface area (Å²) in [5.41, 5.74) is 0.644. The number of hydrogen-bond acceptors (Lipinski definition) is 2. The molecule has 0 aromatic heterocycles. The molecule has 0 radical (unpaired) electrons. The molecule has 0 bridgehead atoms. The molecule has 1 aromatic carbocycles. The van der Waals surface area contributed by atoms with E-state index in [2.05, 4.69) is 33.2 Å². The summed E-state index contributed by atoms with van der Waals surface area (Å²) in [7, 11) is 0. The molecular weight excluding hydrogens is 338 g/mol. The van der Waals surface area contributed by atoms with Crippen LogP contribution in [0.25, 0.3) is 0 Å². The van der Waals surface area contributed by atoms with Crippen molar-refractivity contribution >= 4 is 40.1 Å². The lowest BCUT2D eigenvalue weighted by Gasteiger charge is -2.06. The topological polar surface area (TPSA) is 41.1 Å². The van der Waals surface area contributed by atoms with E-state index in [1.54, 1.807) is 18.2 Å². The van der Waals surface area contributed by atoms with Gasteiger partial charge >= 0.3 is 0 Å². The molecular formula is C11H14ClIN2O. The molecule has 0 spiro atoms. The SMILES string of the molecule is CCNCCNC(=O)c1ccc(Cl)c(I)c1. The van der Waals surface area contributed by atoms with Crippen molar-refractivity contribution < 1.29 is 4.79 Å². The van der Waals surface area contributed by atoms with Gasteiger partial charge in [-0.1, -0.05) is 18.5 Å². The van der Waals surface area contributed by atoms with E-state index >= 15 is 0 Å². The molecule has 5 heteroatoms. The average Bonchev–Trinajstić information content (AvgIpc) is 2.28. The molecule has 88 valence electrons. The molecule has 0 aliphatic carbocycles. The second-order valence-electron chi connectivity index (χ2n) is 3.24. The van der Waals surface area contributed by atoms with E-state index in [0.29, 0.717) is 17.1 Å². The Morgan fingerprint density at radius 1 is 1.44 bits per heavy atom. The van der Waals surface area contributed by atoms with Crippen molar-refractivity contribution in [3.8, 4) is 0 Å². The van der Waals surface area contributed by atoms with Crippen LogP contribution < -0.4 is 10.6 Å². The summed E-state index contributed by atoms with van der Waals surface area (Å²) in [5, 5.41) is 6.64. The molecule has 1 rings (SSSR count). The van der Waals surface area contributed by atoms with E-state index in [1.165, 1.54) is 0 Å². The minimum Gasteiger partial charge on any atom is -0.351 e. The largest absolute Gasteiger partial charge is 0.351 e. The fourth-order valence-corrected chi connectivity index (χ4v) is 1.81. The predicted octanol–water partition coefficient (Wildman–Crippen LogP) is 2.28. The van der Waals surface area contributed by atoms with Crippen LogP contribution >= 0.6 is 34.2 Å².